The second-order valence-electron chi connectivity index (χ2n) is 6.24. The minimum Gasteiger partial charge on any atom is -0.507 e. The molecule has 4 nitrogen and oxygen atoms in total. The zero-order valence-corrected chi connectivity index (χ0v) is 16.0. The normalized spacial score (nSPS) is 10.8. The molecule has 0 fully saturated rings. The third-order valence-electron chi connectivity index (χ3n) is 3.75. The Bertz CT molecular complexity index is 713. The van der Waals surface area contributed by atoms with E-state index in [1.165, 1.54) is 18.7 Å². The van der Waals surface area contributed by atoms with Crippen LogP contribution in [0.4, 0.5) is 5.69 Å². The van der Waals surface area contributed by atoms with Crippen LogP contribution in [0.2, 0.25) is 0 Å². The number of carbonyl (C=O) groups excluding carboxylic acids is 1. The van der Waals surface area contributed by atoms with Crippen molar-refractivity contribution in [2.45, 2.75) is 32.1 Å². The number of carbonyl (C=O) groups is 1. The van der Waals surface area contributed by atoms with Crippen LogP contribution >= 0.6 is 11.9 Å². The number of aryl methyl sites for hydroxylation is 1. The Hall–Kier alpha value is -2.14. The van der Waals surface area contributed by atoms with Crippen LogP contribution in [0.5, 0.6) is 5.75 Å². The topological polar surface area (TPSA) is 49.8 Å². The summed E-state index contributed by atoms with van der Waals surface area (Å²) < 4.78 is 6.94. The van der Waals surface area contributed by atoms with Crippen molar-refractivity contribution in [3.05, 3.63) is 53.6 Å². The molecule has 2 rings (SSSR count). The molecule has 0 amide bonds. The number of nitrogens with zero attached hydrogens (tertiary/aromatic N) is 1. The van der Waals surface area contributed by atoms with Crippen LogP contribution in [0.15, 0.2) is 47.4 Å². The summed E-state index contributed by atoms with van der Waals surface area (Å²) >= 11 is 1.55. The molecule has 0 atom stereocenters. The Balaban J connectivity index is 2.28. The Labute approximate surface area is 153 Å². The van der Waals surface area contributed by atoms with Crippen molar-refractivity contribution in [2.24, 2.45) is 5.92 Å². The average molecular weight is 359 g/mol. The fraction of sp³-hybridized carbons (Fsp3) is 0.350. The third-order valence-corrected chi connectivity index (χ3v) is 4.80. The summed E-state index contributed by atoms with van der Waals surface area (Å²) in [5, 5.41) is 9.87. The summed E-state index contributed by atoms with van der Waals surface area (Å²) in [5.41, 5.74) is 2.60. The van der Waals surface area contributed by atoms with E-state index in [1.54, 1.807) is 24.1 Å². The maximum absolute atomic E-state index is 11.8. The molecule has 0 aromatic heterocycles. The van der Waals surface area contributed by atoms with Gasteiger partial charge in [-0.05, 0) is 60.2 Å². The molecule has 0 aliphatic carbocycles. The zero-order chi connectivity index (χ0) is 18.4. The van der Waals surface area contributed by atoms with Crippen LogP contribution in [0.1, 0.15) is 36.7 Å². The maximum Gasteiger partial charge on any atom is 0.341 e. The van der Waals surface area contributed by atoms with Gasteiger partial charge in [-0.2, -0.15) is 0 Å². The minimum absolute atomic E-state index is 0.0705. The molecule has 0 radical (unpaired) electrons. The largest absolute Gasteiger partial charge is 0.507 e. The summed E-state index contributed by atoms with van der Waals surface area (Å²) in [7, 11) is 1.31. The lowest BCUT2D eigenvalue weighted by atomic mass is 10.1. The van der Waals surface area contributed by atoms with Crippen molar-refractivity contribution in [2.75, 3.05) is 18.0 Å². The van der Waals surface area contributed by atoms with Crippen LogP contribution in [0.25, 0.3) is 0 Å². The summed E-state index contributed by atoms with van der Waals surface area (Å²) in [5.74, 6) is -0.128. The molecule has 1 N–H and O–H groups in total. The summed E-state index contributed by atoms with van der Waals surface area (Å²) in [6.07, 6.45) is 1.01. The standard InChI is InChI=1S/C20H25NO3S/c1-5-15-6-8-16(9-7-15)21(13-14(2)3)25-17-10-11-19(22)18(12-17)20(23)24-4/h6-12,14,22H,5,13H2,1-4H3. The number of methoxy groups -OCH3 is 1. The van der Waals surface area contributed by atoms with Gasteiger partial charge in [-0.15, -0.1) is 0 Å². The predicted octanol–water partition coefficient (Wildman–Crippen LogP) is 4.91. The van der Waals surface area contributed by atoms with Crippen molar-refractivity contribution in [3.63, 3.8) is 0 Å². The van der Waals surface area contributed by atoms with E-state index in [9.17, 15) is 9.90 Å². The van der Waals surface area contributed by atoms with Crippen LogP contribution in [0, 0.1) is 5.92 Å². The molecule has 2 aromatic rings. The first-order valence-electron chi connectivity index (χ1n) is 8.40. The first-order chi connectivity index (χ1) is 11.9. The van der Waals surface area contributed by atoms with Gasteiger partial charge in [-0.1, -0.05) is 32.9 Å². The van der Waals surface area contributed by atoms with Crippen molar-refractivity contribution < 1.29 is 14.6 Å². The molecular formula is C20H25NO3S. The maximum atomic E-state index is 11.8. The highest BCUT2D eigenvalue weighted by atomic mass is 32.2. The van der Waals surface area contributed by atoms with E-state index in [0.29, 0.717) is 5.92 Å². The van der Waals surface area contributed by atoms with Gasteiger partial charge in [-0.25, -0.2) is 4.79 Å². The van der Waals surface area contributed by atoms with Crippen LogP contribution < -0.4 is 4.31 Å². The molecule has 0 saturated carbocycles. The lowest BCUT2D eigenvalue weighted by molar-refractivity contribution is 0.0597. The number of phenolic OH excluding ortho intramolecular Hbond substituents is 1. The number of benzene rings is 2. The van der Waals surface area contributed by atoms with Crippen molar-refractivity contribution in [1.82, 2.24) is 0 Å². The van der Waals surface area contributed by atoms with Crippen molar-refractivity contribution in [1.29, 1.82) is 0 Å². The number of esters is 1. The molecule has 0 aliphatic heterocycles. The van der Waals surface area contributed by atoms with E-state index in [1.807, 2.05) is 0 Å². The highest BCUT2D eigenvalue weighted by molar-refractivity contribution is 8.00. The highest BCUT2D eigenvalue weighted by Gasteiger charge is 2.16. The van der Waals surface area contributed by atoms with Gasteiger partial charge in [-0.3, -0.25) is 0 Å². The number of rotatable bonds is 7. The Kier molecular flexibility index (Phi) is 6.76. The molecule has 0 aliphatic rings. The molecule has 0 unspecified atom stereocenters. The van der Waals surface area contributed by atoms with E-state index < -0.39 is 5.97 Å². The molecule has 0 spiro atoms. The summed E-state index contributed by atoms with van der Waals surface area (Å²) in [4.78, 5) is 12.7. The highest BCUT2D eigenvalue weighted by Crippen LogP contribution is 2.32. The molecule has 25 heavy (non-hydrogen) atoms. The fourth-order valence-corrected chi connectivity index (χ4v) is 3.55. The Morgan fingerprint density at radius 3 is 2.44 bits per heavy atom. The number of anilines is 1. The number of aromatic hydroxyl groups is 1. The molecule has 0 heterocycles. The molecular weight excluding hydrogens is 334 g/mol. The second-order valence-corrected chi connectivity index (χ2v) is 7.33. The van der Waals surface area contributed by atoms with Crippen LogP contribution in [-0.4, -0.2) is 24.7 Å². The molecule has 5 heteroatoms. The fourth-order valence-electron chi connectivity index (χ4n) is 2.40. The van der Waals surface area contributed by atoms with Gasteiger partial charge in [0.15, 0.2) is 0 Å². The van der Waals surface area contributed by atoms with Gasteiger partial charge in [0.1, 0.15) is 11.3 Å². The first-order valence-corrected chi connectivity index (χ1v) is 9.17. The average Bonchev–Trinajstić information content (AvgIpc) is 2.61. The first kappa shape index (κ1) is 19.2. The van der Waals surface area contributed by atoms with Gasteiger partial charge in [0.2, 0.25) is 0 Å². The van der Waals surface area contributed by atoms with Crippen molar-refractivity contribution in [3.8, 4) is 5.75 Å². The number of hydrogen-bond donors (Lipinski definition) is 1. The molecule has 0 saturated heterocycles. The SMILES string of the molecule is CCc1ccc(N(CC(C)C)Sc2ccc(O)c(C(=O)OC)c2)cc1. The second kappa shape index (κ2) is 8.81. The number of hydrogen-bond acceptors (Lipinski definition) is 5. The minimum atomic E-state index is -0.539. The number of ether oxygens (including phenoxy) is 1. The number of phenols is 1. The van der Waals surface area contributed by atoms with Crippen molar-refractivity contribution >= 4 is 23.6 Å². The Morgan fingerprint density at radius 2 is 1.88 bits per heavy atom. The van der Waals surface area contributed by atoms with Gasteiger partial charge in [0, 0.05) is 17.1 Å². The van der Waals surface area contributed by atoms with Gasteiger partial charge >= 0.3 is 5.97 Å². The third kappa shape index (κ3) is 5.16. The van der Waals surface area contributed by atoms with Crippen LogP contribution in [0.3, 0.4) is 0 Å². The van der Waals surface area contributed by atoms with E-state index in [2.05, 4.69) is 49.3 Å². The van der Waals surface area contributed by atoms with Crippen LogP contribution in [-0.2, 0) is 11.2 Å². The Morgan fingerprint density at radius 1 is 1.20 bits per heavy atom. The van der Waals surface area contributed by atoms with E-state index >= 15 is 0 Å². The molecule has 134 valence electrons. The van der Waals surface area contributed by atoms with E-state index in [-0.39, 0.29) is 11.3 Å². The summed E-state index contributed by atoms with van der Waals surface area (Å²) in [6, 6.07) is 13.5. The lowest BCUT2D eigenvalue weighted by Crippen LogP contribution is -2.20. The van der Waals surface area contributed by atoms with Gasteiger partial charge < -0.3 is 14.1 Å². The molecule has 2 aromatic carbocycles. The summed E-state index contributed by atoms with van der Waals surface area (Å²) in [6.45, 7) is 7.35. The zero-order valence-electron chi connectivity index (χ0n) is 15.2. The molecule has 0 bridgehead atoms. The van der Waals surface area contributed by atoms with E-state index in [0.717, 1.165) is 23.5 Å². The monoisotopic (exact) mass is 359 g/mol. The smallest absolute Gasteiger partial charge is 0.341 e. The predicted molar refractivity (Wildman–Crippen MR) is 103 cm³/mol. The van der Waals surface area contributed by atoms with Gasteiger partial charge in [0.05, 0.1) is 7.11 Å². The van der Waals surface area contributed by atoms with Gasteiger partial charge in [0.25, 0.3) is 0 Å². The quantitative estimate of drug-likeness (QED) is 0.562. The van der Waals surface area contributed by atoms with E-state index in [4.69, 9.17) is 4.74 Å². The lowest BCUT2D eigenvalue weighted by Gasteiger charge is -2.25.